The average Bonchev–Trinajstić information content (AvgIpc) is 3.27. The van der Waals surface area contributed by atoms with Gasteiger partial charge in [0.05, 0.1) is 6.04 Å². The number of hydrogen-bond donors (Lipinski definition) is 1. The maximum Gasteiger partial charge on any atom is 0.278 e. The van der Waals surface area contributed by atoms with E-state index in [0.29, 0.717) is 17.3 Å². The van der Waals surface area contributed by atoms with Crippen LogP contribution in [0.5, 0.6) is 0 Å². The highest BCUT2D eigenvalue weighted by molar-refractivity contribution is 5.57. The second kappa shape index (κ2) is 6.12. The molecule has 1 aromatic carbocycles. The third-order valence-corrected chi connectivity index (χ3v) is 4.08. The second-order valence-corrected chi connectivity index (χ2v) is 5.73. The quantitative estimate of drug-likeness (QED) is 0.799. The lowest BCUT2D eigenvalue weighted by Gasteiger charge is -2.22. The lowest BCUT2D eigenvalue weighted by molar-refractivity contribution is 0.346. The van der Waals surface area contributed by atoms with Crippen molar-refractivity contribution in [2.75, 3.05) is 13.1 Å². The monoisotopic (exact) mass is 331 g/mol. The van der Waals surface area contributed by atoms with Crippen LogP contribution in [-0.2, 0) is 0 Å². The van der Waals surface area contributed by atoms with Gasteiger partial charge in [-0.1, -0.05) is 5.16 Å². The van der Waals surface area contributed by atoms with Crippen LogP contribution in [0.15, 0.2) is 35.0 Å². The molecule has 0 aliphatic carbocycles. The van der Waals surface area contributed by atoms with Gasteiger partial charge in [0.1, 0.15) is 0 Å². The first-order chi connectivity index (χ1) is 11.7. The van der Waals surface area contributed by atoms with E-state index in [9.17, 15) is 8.78 Å². The molecule has 124 valence electrons. The van der Waals surface area contributed by atoms with Crippen LogP contribution in [0.4, 0.5) is 8.78 Å². The van der Waals surface area contributed by atoms with Crippen molar-refractivity contribution in [3.63, 3.8) is 0 Å². The standard InChI is InChI=1S/C16H15F2N5O/c17-12-4-3-10(8-13(12)18)15-20-16(24-22-15)14-5-7-23(21-14)11-2-1-6-19-9-11/h3-5,7-8,11,19H,1-2,6,9H2. The van der Waals surface area contributed by atoms with Gasteiger partial charge in [-0.25, -0.2) is 8.78 Å². The van der Waals surface area contributed by atoms with E-state index in [1.807, 2.05) is 10.9 Å². The van der Waals surface area contributed by atoms with Gasteiger partial charge in [0.2, 0.25) is 5.82 Å². The number of rotatable bonds is 3. The van der Waals surface area contributed by atoms with Gasteiger partial charge in [0.15, 0.2) is 17.3 Å². The van der Waals surface area contributed by atoms with Crippen molar-refractivity contribution in [2.24, 2.45) is 0 Å². The molecule has 3 aromatic rings. The van der Waals surface area contributed by atoms with E-state index in [0.717, 1.165) is 38.1 Å². The van der Waals surface area contributed by atoms with E-state index in [4.69, 9.17) is 4.52 Å². The summed E-state index contributed by atoms with van der Waals surface area (Å²) in [6.45, 7) is 1.91. The van der Waals surface area contributed by atoms with Crippen molar-refractivity contribution >= 4 is 0 Å². The summed E-state index contributed by atoms with van der Waals surface area (Å²) >= 11 is 0. The highest BCUT2D eigenvalue weighted by atomic mass is 19.2. The molecular formula is C16H15F2N5O. The first-order valence-corrected chi connectivity index (χ1v) is 7.76. The topological polar surface area (TPSA) is 68.8 Å². The van der Waals surface area contributed by atoms with Gasteiger partial charge in [-0.15, -0.1) is 0 Å². The van der Waals surface area contributed by atoms with E-state index in [1.165, 1.54) is 6.07 Å². The summed E-state index contributed by atoms with van der Waals surface area (Å²) in [5.74, 6) is -1.43. The number of hydrogen-bond acceptors (Lipinski definition) is 5. The first kappa shape index (κ1) is 14.9. The van der Waals surface area contributed by atoms with Crippen molar-refractivity contribution in [3.8, 4) is 23.0 Å². The third kappa shape index (κ3) is 2.80. The van der Waals surface area contributed by atoms with E-state index >= 15 is 0 Å². The second-order valence-electron chi connectivity index (χ2n) is 5.73. The minimum Gasteiger partial charge on any atom is -0.332 e. The molecule has 0 radical (unpaired) electrons. The maximum absolute atomic E-state index is 13.3. The van der Waals surface area contributed by atoms with Crippen molar-refractivity contribution < 1.29 is 13.3 Å². The molecule has 1 saturated heterocycles. The minimum absolute atomic E-state index is 0.192. The predicted molar refractivity (Wildman–Crippen MR) is 82.0 cm³/mol. The molecule has 6 nitrogen and oxygen atoms in total. The number of piperidine rings is 1. The lowest BCUT2D eigenvalue weighted by Crippen LogP contribution is -2.31. The SMILES string of the molecule is Fc1ccc(-c2noc(-c3ccn(C4CCCNC4)n3)n2)cc1F. The van der Waals surface area contributed by atoms with E-state index in [-0.39, 0.29) is 11.7 Å². The highest BCUT2D eigenvalue weighted by Gasteiger charge is 2.19. The molecule has 1 aliphatic rings. The molecule has 0 spiro atoms. The van der Waals surface area contributed by atoms with Crippen LogP contribution in [0.3, 0.4) is 0 Å². The summed E-state index contributed by atoms with van der Waals surface area (Å²) in [5, 5.41) is 11.6. The zero-order valence-corrected chi connectivity index (χ0v) is 12.7. The van der Waals surface area contributed by atoms with E-state index < -0.39 is 11.6 Å². The van der Waals surface area contributed by atoms with Gasteiger partial charge < -0.3 is 9.84 Å². The predicted octanol–water partition coefficient (Wildman–Crippen LogP) is 2.80. The van der Waals surface area contributed by atoms with Gasteiger partial charge in [-0.05, 0) is 43.7 Å². The molecule has 1 aliphatic heterocycles. The Morgan fingerprint density at radius 2 is 2.12 bits per heavy atom. The molecule has 3 heterocycles. The van der Waals surface area contributed by atoms with Crippen LogP contribution < -0.4 is 5.32 Å². The summed E-state index contributed by atoms with van der Waals surface area (Å²) in [6, 6.07) is 5.58. The summed E-state index contributed by atoms with van der Waals surface area (Å²) in [7, 11) is 0. The normalized spacial score (nSPS) is 18.0. The molecule has 1 unspecified atom stereocenters. The molecule has 2 aromatic heterocycles. The Bertz CT molecular complexity index is 854. The van der Waals surface area contributed by atoms with Gasteiger partial charge in [-0.3, -0.25) is 4.68 Å². The molecule has 0 amide bonds. The summed E-state index contributed by atoms with van der Waals surface area (Å²) in [5.41, 5.74) is 0.904. The van der Waals surface area contributed by atoms with Gasteiger partial charge in [0.25, 0.3) is 5.89 Å². The fourth-order valence-corrected chi connectivity index (χ4v) is 2.79. The molecular weight excluding hydrogens is 316 g/mol. The molecule has 1 N–H and O–H groups in total. The number of nitrogens with one attached hydrogen (secondary N) is 1. The van der Waals surface area contributed by atoms with Crippen molar-refractivity contribution in [2.45, 2.75) is 18.9 Å². The first-order valence-electron chi connectivity index (χ1n) is 7.76. The van der Waals surface area contributed by atoms with Gasteiger partial charge >= 0.3 is 0 Å². The Morgan fingerprint density at radius 1 is 1.21 bits per heavy atom. The largest absolute Gasteiger partial charge is 0.332 e. The zero-order valence-electron chi connectivity index (χ0n) is 12.7. The fraction of sp³-hybridized carbons (Fsp3) is 0.312. The Balaban J connectivity index is 1.58. The third-order valence-electron chi connectivity index (χ3n) is 4.08. The Morgan fingerprint density at radius 3 is 2.92 bits per heavy atom. The van der Waals surface area contributed by atoms with E-state index in [2.05, 4.69) is 20.6 Å². The Hall–Kier alpha value is -2.61. The van der Waals surface area contributed by atoms with E-state index in [1.54, 1.807) is 6.07 Å². The number of aromatic nitrogens is 4. The van der Waals surface area contributed by atoms with Crippen LogP contribution in [-0.4, -0.2) is 33.0 Å². The molecule has 0 bridgehead atoms. The summed E-state index contributed by atoms with van der Waals surface area (Å²) in [4.78, 5) is 4.22. The molecule has 24 heavy (non-hydrogen) atoms. The Kier molecular flexibility index (Phi) is 3.81. The van der Waals surface area contributed by atoms with Crippen LogP contribution >= 0.6 is 0 Å². The molecule has 1 atom stereocenters. The van der Waals surface area contributed by atoms with Crippen molar-refractivity contribution in [3.05, 3.63) is 42.1 Å². The number of nitrogens with zero attached hydrogens (tertiary/aromatic N) is 4. The lowest BCUT2D eigenvalue weighted by atomic mass is 10.1. The summed E-state index contributed by atoms with van der Waals surface area (Å²) in [6.07, 6.45) is 4.06. The van der Waals surface area contributed by atoms with Crippen LogP contribution in [0.2, 0.25) is 0 Å². The maximum atomic E-state index is 13.3. The number of halogens is 2. The molecule has 8 heteroatoms. The zero-order chi connectivity index (χ0) is 16.5. The minimum atomic E-state index is -0.951. The smallest absolute Gasteiger partial charge is 0.278 e. The molecule has 4 rings (SSSR count). The van der Waals surface area contributed by atoms with Gasteiger partial charge in [0, 0.05) is 18.3 Å². The fourth-order valence-electron chi connectivity index (χ4n) is 2.79. The van der Waals surface area contributed by atoms with Gasteiger partial charge in [-0.2, -0.15) is 10.1 Å². The van der Waals surface area contributed by atoms with Crippen LogP contribution in [0.1, 0.15) is 18.9 Å². The average molecular weight is 331 g/mol. The summed E-state index contributed by atoms with van der Waals surface area (Å²) < 4.78 is 33.4. The van der Waals surface area contributed by atoms with Crippen molar-refractivity contribution in [1.82, 2.24) is 25.2 Å². The van der Waals surface area contributed by atoms with Crippen LogP contribution in [0.25, 0.3) is 23.0 Å². The van der Waals surface area contributed by atoms with Crippen molar-refractivity contribution in [1.29, 1.82) is 0 Å². The highest BCUT2D eigenvalue weighted by Crippen LogP contribution is 2.24. The number of benzene rings is 1. The molecule has 0 saturated carbocycles. The molecule has 1 fully saturated rings. The van der Waals surface area contributed by atoms with Crippen LogP contribution in [0, 0.1) is 11.6 Å². The Labute approximate surface area is 136 Å².